The molecule has 1 amide bonds. The third kappa shape index (κ3) is 8.85. The molecule has 0 unspecified atom stereocenters. The first-order valence-electron chi connectivity index (χ1n) is 10.1. The van der Waals surface area contributed by atoms with E-state index >= 15 is 0 Å². The summed E-state index contributed by atoms with van der Waals surface area (Å²) < 4.78 is 0. The van der Waals surface area contributed by atoms with E-state index in [0.29, 0.717) is 5.56 Å². The molecule has 0 saturated heterocycles. The standard InChI is InChI=1S/C23H32N4O.HI/c1-4-18-9-11-19(12-10-18)13-15-26-23(25-5-2)27-16-14-20-7-6-8-21(17-20)22(28)24-3;/h6-12,17H,4-5,13-16H2,1-3H3,(H,24,28)(H2,25,26,27);1H. The molecule has 3 N–H and O–H groups in total. The Balaban J connectivity index is 0.00000420. The Kier molecular flexibility index (Phi) is 12.0. The number of hydrogen-bond acceptors (Lipinski definition) is 2. The van der Waals surface area contributed by atoms with Gasteiger partial charge in [-0.05, 0) is 55.0 Å². The van der Waals surface area contributed by atoms with Crippen LogP contribution in [0.2, 0.25) is 0 Å². The maximum atomic E-state index is 11.7. The van der Waals surface area contributed by atoms with Gasteiger partial charge in [0.1, 0.15) is 0 Å². The lowest BCUT2D eigenvalue weighted by Crippen LogP contribution is -2.38. The molecule has 0 aliphatic rings. The van der Waals surface area contributed by atoms with E-state index in [4.69, 9.17) is 0 Å². The fraction of sp³-hybridized carbons (Fsp3) is 0.391. The van der Waals surface area contributed by atoms with Crippen molar-refractivity contribution in [2.24, 2.45) is 4.99 Å². The highest BCUT2D eigenvalue weighted by molar-refractivity contribution is 14.0. The van der Waals surface area contributed by atoms with Gasteiger partial charge in [-0.1, -0.05) is 43.3 Å². The number of hydrogen-bond donors (Lipinski definition) is 3. The zero-order valence-corrected chi connectivity index (χ0v) is 20.0. The van der Waals surface area contributed by atoms with Crippen LogP contribution in [-0.2, 0) is 19.3 Å². The number of amides is 1. The molecule has 158 valence electrons. The van der Waals surface area contributed by atoms with E-state index in [-0.39, 0.29) is 29.9 Å². The number of halogens is 1. The van der Waals surface area contributed by atoms with E-state index in [1.165, 1.54) is 11.1 Å². The van der Waals surface area contributed by atoms with Gasteiger partial charge in [-0.3, -0.25) is 9.79 Å². The highest BCUT2D eigenvalue weighted by Crippen LogP contribution is 2.07. The molecule has 6 heteroatoms. The highest BCUT2D eigenvalue weighted by atomic mass is 127. The van der Waals surface area contributed by atoms with Crippen molar-refractivity contribution in [1.29, 1.82) is 0 Å². The van der Waals surface area contributed by atoms with Crippen molar-refractivity contribution in [3.05, 3.63) is 70.8 Å². The van der Waals surface area contributed by atoms with Crippen molar-refractivity contribution in [2.75, 3.05) is 26.7 Å². The molecule has 2 aromatic carbocycles. The number of nitrogens with one attached hydrogen (secondary N) is 3. The summed E-state index contributed by atoms with van der Waals surface area (Å²) >= 11 is 0. The van der Waals surface area contributed by atoms with Crippen molar-refractivity contribution in [1.82, 2.24) is 16.0 Å². The minimum atomic E-state index is -0.0586. The van der Waals surface area contributed by atoms with Gasteiger partial charge in [-0.15, -0.1) is 24.0 Å². The Bertz CT molecular complexity index is 775. The summed E-state index contributed by atoms with van der Waals surface area (Å²) in [5.74, 6) is 0.770. The highest BCUT2D eigenvalue weighted by Gasteiger charge is 2.04. The minimum Gasteiger partial charge on any atom is -0.357 e. The number of nitrogens with zero attached hydrogens (tertiary/aromatic N) is 1. The third-order valence-electron chi connectivity index (χ3n) is 4.57. The molecule has 0 spiro atoms. The van der Waals surface area contributed by atoms with Crippen molar-refractivity contribution < 1.29 is 4.79 Å². The molecule has 2 rings (SSSR count). The molecule has 0 atom stereocenters. The summed E-state index contributed by atoms with van der Waals surface area (Å²) in [7, 11) is 1.65. The molecule has 0 aliphatic carbocycles. The average molecular weight is 508 g/mol. The van der Waals surface area contributed by atoms with Gasteiger partial charge in [0.25, 0.3) is 5.91 Å². The second kappa shape index (κ2) is 14.0. The molecule has 0 heterocycles. The summed E-state index contributed by atoms with van der Waals surface area (Å²) in [5.41, 5.74) is 4.49. The lowest BCUT2D eigenvalue weighted by molar-refractivity contribution is 0.0963. The summed E-state index contributed by atoms with van der Waals surface area (Å²) in [6.45, 7) is 6.56. The quantitative estimate of drug-likeness (QED) is 0.276. The summed E-state index contributed by atoms with van der Waals surface area (Å²) in [6, 6.07) is 16.5. The maximum absolute atomic E-state index is 11.7. The molecule has 0 radical (unpaired) electrons. The van der Waals surface area contributed by atoms with E-state index in [1.54, 1.807) is 7.05 Å². The van der Waals surface area contributed by atoms with Crippen LogP contribution in [0.1, 0.15) is 40.9 Å². The number of carbonyl (C=O) groups excluding carboxylic acids is 1. The van der Waals surface area contributed by atoms with E-state index in [9.17, 15) is 4.79 Å². The molecule has 0 aromatic heterocycles. The van der Waals surface area contributed by atoms with E-state index < -0.39 is 0 Å². The van der Waals surface area contributed by atoms with Gasteiger partial charge in [0.05, 0.1) is 0 Å². The number of aliphatic imine (C=N–C) groups is 1. The van der Waals surface area contributed by atoms with Crippen LogP contribution in [0.5, 0.6) is 0 Å². The molecule has 0 aliphatic heterocycles. The van der Waals surface area contributed by atoms with Crippen LogP contribution in [-0.4, -0.2) is 38.5 Å². The molecule has 5 nitrogen and oxygen atoms in total. The molecular weight excluding hydrogens is 475 g/mol. The van der Waals surface area contributed by atoms with Crippen LogP contribution in [0.15, 0.2) is 53.5 Å². The predicted octanol–water partition coefficient (Wildman–Crippen LogP) is 3.57. The number of benzene rings is 2. The molecule has 0 fully saturated rings. The van der Waals surface area contributed by atoms with Gasteiger partial charge in [0.2, 0.25) is 0 Å². The number of aryl methyl sites for hydroxylation is 1. The molecule has 2 aromatic rings. The second-order valence-corrected chi connectivity index (χ2v) is 6.64. The van der Waals surface area contributed by atoms with Gasteiger partial charge in [-0.2, -0.15) is 0 Å². The SMILES string of the molecule is CCNC(=NCCc1ccc(CC)cc1)NCCc1cccc(C(=O)NC)c1.I. The van der Waals surface area contributed by atoms with E-state index in [1.807, 2.05) is 24.3 Å². The van der Waals surface area contributed by atoms with Gasteiger partial charge in [0.15, 0.2) is 5.96 Å². The van der Waals surface area contributed by atoms with E-state index in [2.05, 4.69) is 59.1 Å². The van der Waals surface area contributed by atoms with Crippen molar-refractivity contribution in [2.45, 2.75) is 33.1 Å². The van der Waals surface area contributed by atoms with Crippen LogP contribution in [0.25, 0.3) is 0 Å². The lowest BCUT2D eigenvalue weighted by Gasteiger charge is -2.12. The molecule has 0 bridgehead atoms. The third-order valence-corrected chi connectivity index (χ3v) is 4.57. The average Bonchev–Trinajstić information content (AvgIpc) is 2.74. The zero-order valence-electron chi connectivity index (χ0n) is 17.6. The maximum Gasteiger partial charge on any atom is 0.251 e. The summed E-state index contributed by atoms with van der Waals surface area (Å²) in [6.07, 6.45) is 2.82. The molecule has 29 heavy (non-hydrogen) atoms. The van der Waals surface area contributed by atoms with Crippen LogP contribution >= 0.6 is 24.0 Å². The van der Waals surface area contributed by atoms with E-state index in [0.717, 1.165) is 50.4 Å². The number of carbonyl (C=O) groups is 1. The van der Waals surface area contributed by atoms with Gasteiger partial charge in [-0.25, -0.2) is 0 Å². The number of rotatable bonds is 9. The fourth-order valence-corrected chi connectivity index (χ4v) is 2.92. The summed E-state index contributed by atoms with van der Waals surface area (Å²) in [4.78, 5) is 16.4. The van der Waals surface area contributed by atoms with Crippen molar-refractivity contribution in [3.8, 4) is 0 Å². The Morgan fingerprint density at radius 1 is 0.931 bits per heavy atom. The smallest absolute Gasteiger partial charge is 0.251 e. The molecule has 0 saturated carbocycles. The molecular formula is C23H33IN4O. The van der Waals surface area contributed by atoms with Crippen molar-refractivity contribution >= 4 is 35.8 Å². The zero-order chi connectivity index (χ0) is 20.2. The van der Waals surface area contributed by atoms with Gasteiger partial charge >= 0.3 is 0 Å². The Hall–Kier alpha value is -2.09. The van der Waals surface area contributed by atoms with Crippen LogP contribution in [0.4, 0.5) is 0 Å². The van der Waals surface area contributed by atoms with Gasteiger partial charge < -0.3 is 16.0 Å². The first-order valence-corrected chi connectivity index (χ1v) is 10.1. The van der Waals surface area contributed by atoms with Crippen LogP contribution in [0, 0.1) is 0 Å². The first-order chi connectivity index (χ1) is 13.7. The first kappa shape index (κ1) is 24.9. The van der Waals surface area contributed by atoms with Crippen molar-refractivity contribution in [3.63, 3.8) is 0 Å². The topological polar surface area (TPSA) is 65.5 Å². The van der Waals surface area contributed by atoms with Crippen LogP contribution in [0.3, 0.4) is 0 Å². The number of guanidine groups is 1. The normalized spacial score (nSPS) is 10.8. The fourth-order valence-electron chi connectivity index (χ4n) is 2.92. The lowest BCUT2D eigenvalue weighted by atomic mass is 10.1. The Morgan fingerprint density at radius 2 is 1.66 bits per heavy atom. The monoisotopic (exact) mass is 508 g/mol. The summed E-state index contributed by atoms with van der Waals surface area (Å²) in [5, 5.41) is 9.32. The Labute approximate surface area is 191 Å². The predicted molar refractivity (Wildman–Crippen MR) is 132 cm³/mol. The van der Waals surface area contributed by atoms with Gasteiger partial charge in [0, 0.05) is 32.2 Å². The minimum absolute atomic E-state index is 0. The second-order valence-electron chi connectivity index (χ2n) is 6.64. The van der Waals surface area contributed by atoms with Crippen LogP contribution < -0.4 is 16.0 Å². The largest absolute Gasteiger partial charge is 0.357 e. The Morgan fingerprint density at radius 3 is 2.31 bits per heavy atom.